The number of carbonyl (C=O) groups excluding carboxylic acids is 2. The van der Waals surface area contributed by atoms with Crippen molar-refractivity contribution in [2.45, 2.75) is 315 Å². The van der Waals surface area contributed by atoms with E-state index in [-0.39, 0.29) is 38.6 Å². The molecule has 0 radical (unpaired) electrons. The first-order valence-electron chi connectivity index (χ1n) is 32.4. The van der Waals surface area contributed by atoms with Crippen molar-refractivity contribution in [1.29, 1.82) is 0 Å². The van der Waals surface area contributed by atoms with Crippen LogP contribution < -0.4 is 5.73 Å². The molecule has 2 unspecified atom stereocenters. The molecule has 0 aliphatic rings. The van der Waals surface area contributed by atoms with E-state index in [0.717, 1.165) is 77.0 Å². The van der Waals surface area contributed by atoms with Gasteiger partial charge in [-0.25, -0.2) is 4.57 Å². The van der Waals surface area contributed by atoms with Crippen molar-refractivity contribution in [3.63, 3.8) is 0 Å². The molecule has 2 atom stereocenters. The molecule has 77 heavy (non-hydrogen) atoms. The van der Waals surface area contributed by atoms with E-state index < -0.39 is 26.5 Å². The Bertz CT molecular complexity index is 1490. The molecule has 0 fully saturated rings. The van der Waals surface area contributed by atoms with Gasteiger partial charge in [-0.15, -0.1) is 0 Å². The third-order valence-electron chi connectivity index (χ3n) is 14.1. The molecule has 0 aliphatic carbocycles. The largest absolute Gasteiger partial charge is 0.472 e. The fourth-order valence-corrected chi connectivity index (χ4v) is 10.1. The van der Waals surface area contributed by atoms with Crippen LogP contribution in [0.2, 0.25) is 0 Å². The average molecular weight is 1100 g/mol. The molecule has 0 aliphatic heterocycles. The summed E-state index contributed by atoms with van der Waals surface area (Å²) in [5.41, 5.74) is 5.39. The molecular formula is C67H122NO8P. The van der Waals surface area contributed by atoms with Crippen LogP contribution in [0, 0.1) is 0 Å². The van der Waals surface area contributed by atoms with Crippen molar-refractivity contribution < 1.29 is 37.6 Å². The minimum atomic E-state index is -4.40. The Morgan fingerprint density at radius 2 is 0.714 bits per heavy atom. The third-order valence-corrected chi connectivity index (χ3v) is 15.1. The molecule has 9 nitrogen and oxygen atoms in total. The van der Waals surface area contributed by atoms with E-state index in [4.69, 9.17) is 24.3 Å². The highest BCUT2D eigenvalue weighted by Gasteiger charge is 2.26. The second-order valence-electron chi connectivity index (χ2n) is 21.6. The van der Waals surface area contributed by atoms with Crippen LogP contribution in [0.4, 0.5) is 0 Å². The number of allylic oxidation sites excluding steroid dienone is 12. The van der Waals surface area contributed by atoms with Gasteiger partial charge in [-0.2, -0.15) is 0 Å². The zero-order valence-electron chi connectivity index (χ0n) is 50.2. The van der Waals surface area contributed by atoms with Crippen molar-refractivity contribution in [3.8, 4) is 0 Å². The number of hydrogen-bond acceptors (Lipinski definition) is 8. The van der Waals surface area contributed by atoms with Crippen molar-refractivity contribution in [2.75, 3.05) is 26.4 Å². The van der Waals surface area contributed by atoms with E-state index >= 15 is 0 Å². The third kappa shape index (κ3) is 62.5. The number of phosphoric acid groups is 1. The van der Waals surface area contributed by atoms with Crippen molar-refractivity contribution in [2.24, 2.45) is 5.73 Å². The summed E-state index contributed by atoms with van der Waals surface area (Å²) >= 11 is 0. The van der Waals surface area contributed by atoms with Gasteiger partial charge < -0.3 is 20.1 Å². The quantitative estimate of drug-likeness (QED) is 0.0264. The summed E-state index contributed by atoms with van der Waals surface area (Å²) < 4.78 is 33.1. The Morgan fingerprint density at radius 1 is 0.403 bits per heavy atom. The molecule has 0 saturated heterocycles. The Hall–Kier alpha value is -2.55. The Labute approximate surface area is 475 Å². The first kappa shape index (κ1) is 74.5. The van der Waals surface area contributed by atoms with Gasteiger partial charge in [0.05, 0.1) is 13.2 Å². The highest BCUT2D eigenvalue weighted by molar-refractivity contribution is 7.47. The molecular weight excluding hydrogens is 978 g/mol. The molecule has 0 spiro atoms. The summed E-state index contributed by atoms with van der Waals surface area (Å²) in [4.78, 5) is 35.3. The number of hydrogen-bond donors (Lipinski definition) is 2. The number of carbonyl (C=O) groups is 2. The first-order valence-corrected chi connectivity index (χ1v) is 33.9. The lowest BCUT2D eigenvalue weighted by atomic mass is 10.0. The maximum atomic E-state index is 12.7. The van der Waals surface area contributed by atoms with Crippen LogP contribution in [-0.4, -0.2) is 49.3 Å². The van der Waals surface area contributed by atoms with Crippen LogP contribution in [0.5, 0.6) is 0 Å². The molecule has 0 bridgehead atoms. The van der Waals surface area contributed by atoms with Gasteiger partial charge in [0.25, 0.3) is 0 Å². The van der Waals surface area contributed by atoms with E-state index in [1.165, 1.54) is 199 Å². The Kier molecular flexibility index (Phi) is 60.6. The van der Waals surface area contributed by atoms with Gasteiger partial charge in [0.15, 0.2) is 6.10 Å². The molecule has 0 rings (SSSR count). The summed E-state index contributed by atoms with van der Waals surface area (Å²) in [6.45, 7) is 3.65. The first-order chi connectivity index (χ1) is 37.8. The van der Waals surface area contributed by atoms with Gasteiger partial charge in [0.1, 0.15) is 6.61 Å². The Balaban J connectivity index is 3.88. The molecule has 448 valence electrons. The van der Waals surface area contributed by atoms with Gasteiger partial charge in [-0.3, -0.25) is 18.6 Å². The predicted molar refractivity (Wildman–Crippen MR) is 330 cm³/mol. The molecule has 10 heteroatoms. The van der Waals surface area contributed by atoms with Crippen molar-refractivity contribution in [3.05, 3.63) is 72.9 Å². The van der Waals surface area contributed by atoms with E-state index in [2.05, 4.69) is 86.8 Å². The fourth-order valence-electron chi connectivity index (χ4n) is 9.31. The van der Waals surface area contributed by atoms with Crippen LogP contribution in [0.1, 0.15) is 309 Å². The van der Waals surface area contributed by atoms with Crippen molar-refractivity contribution >= 4 is 19.8 Å². The predicted octanol–water partition coefficient (Wildman–Crippen LogP) is 20.9. The van der Waals surface area contributed by atoms with Gasteiger partial charge in [-0.05, 0) is 83.5 Å². The maximum absolute atomic E-state index is 12.7. The van der Waals surface area contributed by atoms with Crippen LogP contribution in [-0.2, 0) is 32.7 Å². The molecule has 0 heterocycles. The van der Waals surface area contributed by atoms with Gasteiger partial charge in [0, 0.05) is 19.4 Å². The molecule has 0 aromatic carbocycles. The standard InChI is InChI=1S/C67H122NO8P/c1-3-5-7-9-11-13-15-17-19-21-23-25-27-28-29-30-31-32-33-34-35-36-38-39-41-43-45-47-49-51-53-55-57-59-66(69)73-63-65(64-75-77(71,72)74-62-61-68)76-67(70)60-58-56-54-52-50-48-46-44-42-40-37-26-24-22-20-18-16-14-12-10-8-6-4-2/h6,8,12,14,18,20-21,23-24,26,40,42,65H,3-5,7,9-11,13,15-17,19,22,25,27-39,41,43-64,68H2,1-2H3,(H,71,72)/b8-6-,14-12-,20-18-,23-21-,26-24-,42-40-. The number of esters is 2. The zero-order valence-corrected chi connectivity index (χ0v) is 51.1. The molecule has 0 aromatic heterocycles. The lowest BCUT2D eigenvalue weighted by Crippen LogP contribution is -2.29. The van der Waals surface area contributed by atoms with Crippen LogP contribution in [0.3, 0.4) is 0 Å². The second kappa shape index (κ2) is 62.6. The topological polar surface area (TPSA) is 134 Å². The van der Waals surface area contributed by atoms with Crippen LogP contribution in [0.25, 0.3) is 0 Å². The second-order valence-corrected chi connectivity index (χ2v) is 23.1. The monoisotopic (exact) mass is 1100 g/mol. The van der Waals surface area contributed by atoms with E-state index in [1.807, 2.05) is 0 Å². The number of phosphoric ester groups is 1. The lowest BCUT2D eigenvalue weighted by molar-refractivity contribution is -0.161. The summed E-state index contributed by atoms with van der Waals surface area (Å²) in [6.07, 6.45) is 81.3. The summed E-state index contributed by atoms with van der Waals surface area (Å²) in [7, 11) is -4.40. The molecule has 0 saturated carbocycles. The average Bonchev–Trinajstić information content (AvgIpc) is 3.42. The van der Waals surface area contributed by atoms with Crippen LogP contribution >= 0.6 is 7.82 Å². The fraction of sp³-hybridized carbons (Fsp3) is 0.791. The van der Waals surface area contributed by atoms with E-state index in [0.29, 0.717) is 6.42 Å². The summed E-state index contributed by atoms with van der Waals surface area (Å²) in [6, 6.07) is 0. The SMILES string of the molecule is CC/C=C\C/C=C\C/C=C\C/C=C\C/C=C\CCCCCCCCCC(=O)OC(COC(=O)CCCCCCCCCCCCCCCCCCCCCCC/C=C\CCCCCCCCCC)COP(=O)(O)OCCN. The van der Waals surface area contributed by atoms with Crippen molar-refractivity contribution in [1.82, 2.24) is 0 Å². The number of nitrogens with two attached hydrogens (primary N) is 1. The van der Waals surface area contributed by atoms with E-state index in [9.17, 15) is 19.0 Å². The van der Waals surface area contributed by atoms with Gasteiger partial charge >= 0.3 is 19.8 Å². The Morgan fingerprint density at radius 3 is 1.08 bits per heavy atom. The normalized spacial score (nSPS) is 13.5. The summed E-state index contributed by atoms with van der Waals surface area (Å²) in [5, 5.41) is 0. The highest BCUT2D eigenvalue weighted by Crippen LogP contribution is 2.43. The molecule has 0 aromatic rings. The number of unbranched alkanes of at least 4 members (excludes halogenated alkanes) is 36. The number of ether oxygens (including phenoxy) is 2. The van der Waals surface area contributed by atoms with Crippen LogP contribution in [0.15, 0.2) is 72.9 Å². The smallest absolute Gasteiger partial charge is 0.462 e. The van der Waals surface area contributed by atoms with Gasteiger partial charge in [-0.1, -0.05) is 286 Å². The minimum Gasteiger partial charge on any atom is -0.462 e. The molecule has 3 N–H and O–H groups in total. The highest BCUT2D eigenvalue weighted by atomic mass is 31.2. The lowest BCUT2D eigenvalue weighted by Gasteiger charge is -2.19. The zero-order chi connectivity index (χ0) is 55.9. The van der Waals surface area contributed by atoms with E-state index in [1.54, 1.807) is 0 Å². The number of rotatable bonds is 61. The van der Waals surface area contributed by atoms with Gasteiger partial charge in [0.2, 0.25) is 0 Å². The molecule has 0 amide bonds. The summed E-state index contributed by atoms with van der Waals surface area (Å²) in [5.74, 6) is -0.831. The maximum Gasteiger partial charge on any atom is 0.472 e. The minimum absolute atomic E-state index is 0.0495.